The summed E-state index contributed by atoms with van der Waals surface area (Å²) in [6.07, 6.45) is 1.80. The molecule has 0 radical (unpaired) electrons. The molecule has 0 aliphatic rings. The van der Waals surface area contributed by atoms with Gasteiger partial charge in [0, 0.05) is 13.0 Å². The molecule has 1 N–H and O–H groups in total. The lowest BCUT2D eigenvalue weighted by Gasteiger charge is -2.22. The molecule has 1 heterocycles. The van der Waals surface area contributed by atoms with Crippen LogP contribution in [0, 0.1) is 5.41 Å². The Morgan fingerprint density at radius 1 is 1.33 bits per heavy atom. The summed E-state index contributed by atoms with van der Waals surface area (Å²) in [5.74, 6) is 0. The monoisotopic (exact) mass is 272 g/mol. The van der Waals surface area contributed by atoms with Gasteiger partial charge in [0.2, 0.25) is 0 Å². The topological polar surface area (TPSA) is 38.0 Å². The Balaban J connectivity index is 2.86. The van der Waals surface area contributed by atoms with E-state index in [1.54, 1.807) is 0 Å². The number of hydrogen-bond donors (Lipinski definition) is 1. The van der Waals surface area contributed by atoms with Gasteiger partial charge in [0.15, 0.2) is 0 Å². The zero-order chi connectivity index (χ0) is 13.9. The standard InChI is InChI=1S/C14H25ClN2O/c1-6-11-13(15)12(17(7-2)16-11)8-10(18)9-14(3,4)5/h10,18H,6-9H2,1-5H3. The van der Waals surface area contributed by atoms with Gasteiger partial charge in [0.1, 0.15) is 0 Å². The van der Waals surface area contributed by atoms with E-state index in [1.165, 1.54) is 0 Å². The number of aryl methyl sites for hydroxylation is 2. The molecule has 0 aliphatic carbocycles. The molecule has 1 aromatic heterocycles. The van der Waals surface area contributed by atoms with Crippen LogP contribution in [-0.4, -0.2) is 21.0 Å². The highest BCUT2D eigenvalue weighted by atomic mass is 35.5. The third-order valence-electron chi connectivity index (χ3n) is 2.97. The van der Waals surface area contributed by atoms with Crippen LogP contribution in [0.2, 0.25) is 5.02 Å². The summed E-state index contributed by atoms with van der Waals surface area (Å²) in [7, 11) is 0. The highest BCUT2D eigenvalue weighted by molar-refractivity contribution is 6.31. The average Bonchev–Trinajstić information content (AvgIpc) is 2.53. The number of halogens is 1. The van der Waals surface area contributed by atoms with Crippen molar-refractivity contribution in [3.63, 3.8) is 0 Å². The summed E-state index contributed by atoms with van der Waals surface area (Å²) < 4.78 is 1.91. The van der Waals surface area contributed by atoms with Crippen LogP contribution in [0.3, 0.4) is 0 Å². The molecule has 0 amide bonds. The van der Waals surface area contributed by atoms with Gasteiger partial charge in [0.25, 0.3) is 0 Å². The maximum atomic E-state index is 10.2. The predicted molar refractivity (Wildman–Crippen MR) is 76.1 cm³/mol. The van der Waals surface area contributed by atoms with Gasteiger partial charge in [-0.15, -0.1) is 0 Å². The van der Waals surface area contributed by atoms with Crippen LogP contribution in [0.15, 0.2) is 0 Å². The zero-order valence-corrected chi connectivity index (χ0v) is 12.9. The fourth-order valence-corrected chi connectivity index (χ4v) is 2.56. The highest BCUT2D eigenvalue weighted by Gasteiger charge is 2.21. The normalized spacial score (nSPS) is 13.9. The number of hydrogen-bond acceptors (Lipinski definition) is 2. The van der Waals surface area contributed by atoms with Crippen LogP contribution >= 0.6 is 11.6 Å². The molecule has 0 saturated carbocycles. The number of rotatable bonds is 5. The van der Waals surface area contributed by atoms with E-state index in [1.807, 2.05) is 18.5 Å². The first-order chi connectivity index (χ1) is 8.28. The van der Waals surface area contributed by atoms with Gasteiger partial charge in [-0.05, 0) is 25.2 Å². The molecule has 1 atom stereocenters. The van der Waals surface area contributed by atoms with Crippen LogP contribution in [0.5, 0.6) is 0 Å². The smallest absolute Gasteiger partial charge is 0.0850 e. The third kappa shape index (κ3) is 3.99. The molecule has 3 nitrogen and oxygen atoms in total. The van der Waals surface area contributed by atoms with Gasteiger partial charge in [-0.2, -0.15) is 5.10 Å². The minimum atomic E-state index is -0.366. The molecule has 104 valence electrons. The molecule has 0 bridgehead atoms. The summed E-state index contributed by atoms with van der Waals surface area (Å²) >= 11 is 6.33. The molecule has 4 heteroatoms. The van der Waals surface area contributed by atoms with Crippen molar-refractivity contribution in [1.82, 2.24) is 9.78 Å². The van der Waals surface area contributed by atoms with Crippen LogP contribution in [0.25, 0.3) is 0 Å². The molecule has 1 aromatic rings. The van der Waals surface area contributed by atoms with Crippen LogP contribution < -0.4 is 0 Å². The molecule has 1 rings (SSSR count). The van der Waals surface area contributed by atoms with Crippen LogP contribution in [0.4, 0.5) is 0 Å². The predicted octanol–water partition coefficient (Wildman–Crippen LogP) is 3.46. The molecular weight excluding hydrogens is 248 g/mol. The number of aliphatic hydroxyl groups is 1. The zero-order valence-electron chi connectivity index (χ0n) is 12.1. The minimum Gasteiger partial charge on any atom is -0.393 e. The lowest BCUT2D eigenvalue weighted by atomic mass is 9.88. The van der Waals surface area contributed by atoms with E-state index in [4.69, 9.17) is 11.6 Å². The number of nitrogens with zero attached hydrogens (tertiary/aromatic N) is 2. The van der Waals surface area contributed by atoms with Gasteiger partial charge in [-0.25, -0.2) is 0 Å². The summed E-state index contributed by atoms with van der Waals surface area (Å²) in [5.41, 5.74) is 2.01. The molecule has 1 unspecified atom stereocenters. The molecule has 18 heavy (non-hydrogen) atoms. The van der Waals surface area contributed by atoms with E-state index < -0.39 is 0 Å². The average molecular weight is 273 g/mol. The Hall–Kier alpha value is -0.540. The van der Waals surface area contributed by atoms with E-state index in [-0.39, 0.29) is 11.5 Å². The largest absolute Gasteiger partial charge is 0.393 e. The Kier molecular flexibility index (Phi) is 5.23. The van der Waals surface area contributed by atoms with Gasteiger partial charge < -0.3 is 5.11 Å². The first-order valence-electron chi connectivity index (χ1n) is 6.70. The molecule has 0 spiro atoms. The Bertz CT molecular complexity index is 393. The maximum Gasteiger partial charge on any atom is 0.0850 e. The van der Waals surface area contributed by atoms with Gasteiger partial charge in [0.05, 0.1) is 22.5 Å². The maximum absolute atomic E-state index is 10.2. The van der Waals surface area contributed by atoms with Gasteiger partial charge in [-0.3, -0.25) is 4.68 Å². The second-order valence-electron chi connectivity index (χ2n) is 6.00. The Labute approximate surface area is 115 Å². The quantitative estimate of drug-likeness (QED) is 0.891. The van der Waals surface area contributed by atoms with E-state index in [0.29, 0.717) is 6.42 Å². The van der Waals surface area contributed by atoms with E-state index in [2.05, 4.69) is 25.9 Å². The second kappa shape index (κ2) is 6.07. The van der Waals surface area contributed by atoms with Crippen molar-refractivity contribution in [3.05, 3.63) is 16.4 Å². The summed E-state index contributed by atoms with van der Waals surface area (Å²) in [5, 5.41) is 15.4. The molecule has 0 aromatic carbocycles. The van der Waals surface area contributed by atoms with E-state index in [9.17, 15) is 5.11 Å². The van der Waals surface area contributed by atoms with Crippen molar-refractivity contribution in [2.75, 3.05) is 0 Å². The van der Waals surface area contributed by atoms with Crippen LogP contribution in [0.1, 0.15) is 52.4 Å². The van der Waals surface area contributed by atoms with E-state index >= 15 is 0 Å². The minimum absolute atomic E-state index is 0.122. The highest BCUT2D eigenvalue weighted by Crippen LogP contribution is 2.27. The summed E-state index contributed by atoms with van der Waals surface area (Å²) in [6.45, 7) is 11.3. The molecule has 0 fully saturated rings. The molecular formula is C14H25ClN2O. The first kappa shape index (κ1) is 15.5. The fraction of sp³-hybridized carbons (Fsp3) is 0.786. The van der Waals surface area contributed by atoms with Gasteiger partial charge >= 0.3 is 0 Å². The Morgan fingerprint density at radius 3 is 2.39 bits per heavy atom. The van der Waals surface area contributed by atoms with Crippen molar-refractivity contribution in [2.24, 2.45) is 5.41 Å². The lowest BCUT2D eigenvalue weighted by molar-refractivity contribution is 0.119. The van der Waals surface area contributed by atoms with Crippen molar-refractivity contribution >= 4 is 11.6 Å². The first-order valence-corrected chi connectivity index (χ1v) is 7.08. The SMILES string of the molecule is CCc1nn(CC)c(CC(O)CC(C)(C)C)c1Cl. The van der Waals surface area contributed by atoms with Crippen molar-refractivity contribution in [3.8, 4) is 0 Å². The van der Waals surface area contributed by atoms with Crippen molar-refractivity contribution in [1.29, 1.82) is 0 Å². The fourth-order valence-electron chi connectivity index (χ4n) is 2.21. The second-order valence-corrected chi connectivity index (χ2v) is 6.38. The summed E-state index contributed by atoms with van der Waals surface area (Å²) in [6, 6.07) is 0. The lowest BCUT2D eigenvalue weighted by Crippen LogP contribution is -2.21. The van der Waals surface area contributed by atoms with Crippen molar-refractivity contribution in [2.45, 2.75) is 66.5 Å². The number of aliphatic hydroxyl groups excluding tert-OH is 1. The third-order valence-corrected chi connectivity index (χ3v) is 3.41. The number of aromatic nitrogens is 2. The molecule has 0 saturated heterocycles. The Morgan fingerprint density at radius 2 is 1.94 bits per heavy atom. The van der Waals surface area contributed by atoms with E-state index in [0.717, 1.165) is 35.8 Å². The van der Waals surface area contributed by atoms with Crippen molar-refractivity contribution < 1.29 is 5.11 Å². The summed E-state index contributed by atoms with van der Waals surface area (Å²) in [4.78, 5) is 0. The van der Waals surface area contributed by atoms with Crippen LogP contribution in [-0.2, 0) is 19.4 Å². The van der Waals surface area contributed by atoms with Gasteiger partial charge in [-0.1, -0.05) is 39.3 Å². The molecule has 0 aliphatic heterocycles.